The Morgan fingerprint density at radius 2 is 2.25 bits per heavy atom. The molecule has 108 valence electrons. The second kappa shape index (κ2) is 5.79. The van der Waals surface area contributed by atoms with Gasteiger partial charge in [0.2, 0.25) is 0 Å². The summed E-state index contributed by atoms with van der Waals surface area (Å²) in [5.74, 6) is 0.946. The third kappa shape index (κ3) is 2.50. The Morgan fingerprint density at radius 3 is 2.95 bits per heavy atom. The fourth-order valence-corrected chi connectivity index (χ4v) is 3.07. The molecule has 2 saturated heterocycles. The first-order chi connectivity index (χ1) is 9.77. The van der Waals surface area contributed by atoms with Crippen LogP contribution in [0.5, 0.6) is 0 Å². The van der Waals surface area contributed by atoms with E-state index in [9.17, 15) is 4.79 Å². The van der Waals surface area contributed by atoms with E-state index in [1.807, 2.05) is 24.1 Å². The molecule has 0 aromatic carbocycles. The number of rotatable bonds is 3. The molecule has 1 atom stereocenters. The van der Waals surface area contributed by atoms with Gasteiger partial charge in [-0.15, -0.1) is 0 Å². The highest BCUT2D eigenvalue weighted by molar-refractivity contribution is 5.99. The van der Waals surface area contributed by atoms with Gasteiger partial charge in [0, 0.05) is 38.9 Å². The zero-order valence-electron chi connectivity index (χ0n) is 12.0. The monoisotopic (exact) mass is 274 g/mol. The summed E-state index contributed by atoms with van der Waals surface area (Å²) in [5, 5.41) is 3.31. The molecule has 1 unspecified atom stereocenters. The first kappa shape index (κ1) is 13.4. The topological polar surface area (TPSA) is 48.5 Å². The minimum Gasteiger partial charge on any atom is -0.356 e. The predicted molar refractivity (Wildman–Crippen MR) is 79.1 cm³/mol. The van der Waals surface area contributed by atoms with Crippen molar-refractivity contribution in [2.24, 2.45) is 0 Å². The van der Waals surface area contributed by atoms with E-state index >= 15 is 0 Å². The van der Waals surface area contributed by atoms with Gasteiger partial charge in [-0.2, -0.15) is 0 Å². The molecule has 0 saturated carbocycles. The maximum Gasteiger partial charge on any atom is 0.257 e. The van der Waals surface area contributed by atoms with E-state index in [0.717, 1.165) is 44.0 Å². The number of amides is 1. The number of carbonyl (C=O) groups excluding carboxylic acids is 1. The van der Waals surface area contributed by atoms with E-state index in [0.29, 0.717) is 6.04 Å². The summed E-state index contributed by atoms with van der Waals surface area (Å²) >= 11 is 0. The minimum absolute atomic E-state index is 0.0914. The van der Waals surface area contributed by atoms with Crippen LogP contribution in [0.25, 0.3) is 0 Å². The lowest BCUT2D eigenvalue weighted by atomic mass is 10.1. The van der Waals surface area contributed by atoms with E-state index in [1.54, 1.807) is 6.20 Å². The molecular formula is C15H22N4O. The maximum atomic E-state index is 12.7. The summed E-state index contributed by atoms with van der Waals surface area (Å²) in [6, 6.07) is 4.06. The number of nitrogens with one attached hydrogen (secondary N) is 1. The van der Waals surface area contributed by atoms with E-state index in [4.69, 9.17) is 0 Å². The number of pyridine rings is 1. The van der Waals surface area contributed by atoms with Gasteiger partial charge < -0.3 is 15.1 Å². The van der Waals surface area contributed by atoms with Crippen molar-refractivity contribution in [3.05, 3.63) is 23.9 Å². The lowest BCUT2D eigenvalue weighted by Crippen LogP contribution is -2.39. The van der Waals surface area contributed by atoms with Crippen molar-refractivity contribution >= 4 is 11.7 Å². The second-order valence-electron chi connectivity index (χ2n) is 5.63. The summed E-state index contributed by atoms with van der Waals surface area (Å²) in [6.07, 6.45) is 5.18. The summed E-state index contributed by atoms with van der Waals surface area (Å²) in [4.78, 5) is 21.3. The van der Waals surface area contributed by atoms with E-state index in [-0.39, 0.29) is 5.91 Å². The first-order valence-electron chi connectivity index (χ1n) is 7.45. The summed E-state index contributed by atoms with van der Waals surface area (Å²) < 4.78 is 0. The molecule has 2 fully saturated rings. The molecule has 0 bridgehead atoms. The van der Waals surface area contributed by atoms with Crippen LogP contribution in [-0.2, 0) is 0 Å². The molecule has 1 aromatic heterocycles. The van der Waals surface area contributed by atoms with Gasteiger partial charge in [0.25, 0.3) is 5.91 Å². The third-order valence-electron chi connectivity index (χ3n) is 4.33. The predicted octanol–water partition coefficient (Wildman–Crippen LogP) is 1.12. The van der Waals surface area contributed by atoms with Gasteiger partial charge in [0.15, 0.2) is 0 Å². The summed E-state index contributed by atoms with van der Waals surface area (Å²) in [5.41, 5.74) is 0.740. The summed E-state index contributed by atoms with van der Waals surface area (Å²) in [6.45, 7) is 3.90. The lowest BCUT2D eigenvalue weighted by molar-refractivity contribution is 0.0744. The van der Waals surface area contributed by atoms with E-state index < -0.39 is 0 Å². The molecule has 5 heteroatoms. The largest absolute Gasteiger partial charge is 0.356 e. The Hall–Kier alpha value is -1.62. The van der Waals surface area contributed by atoms with Crippen molar-refractivity contribution in [3.8, 4) is 0 Å². The number of anilines is 1. The van der Waals surface area contributed by atoms with Gasteiger partial charge in [0.1, 0.15) is 5.82 Å². The van der Waals surface area contributed by atoms with Gasteiger partial charge in [-0.05, 0) is 37.9 Å². The Bertz CT molecular complexity index is 479. The second-order valence-corrected chi connectivity index (χ2v) is 5.63. The standard InChI is InChI=1S/C15H22N4O/c1-18(12-6-8-16-11-12)15(20)13-5-4-7-17-14(13)19-9-2-3-10-19/h4-5,7,12,16H,2-3,6,8-11H2,1H3. The molecule has 3 heterocycles. The number of likely N-dealkylation sites (N-methyl/N-ethyl adjacent to an activating group) is 1. The van der Waals surface area contributed by atoms with Crippen LogP contribution in [0, 0.1) is 0 Å². The molecule has 1 aromatic rings. The molecule has 1 amide bonds. The lowest BCUT2D eigenvalue weighted by Gasteiger charge is -2.26. The van der Waals surface area contributed by atoms with Crippen molar-refractivity contribution in [3.63, 3.8) is 0 Å². The smallest absolute Gasteiger partial charge is 0.257 e. The number of carbonyl (C=O) groups is 1. The van der Waals surface area contributed by atoms with Crippen molar-refractivity contribution in [2.75, 3.05) is 38.1 Å². The summed E-state index contributed by atoms with van der Waals surface area (Å²) in [7, 11) is 1.90. The highest BCUT2D eigenvalue weighted by Crippen LogP contribution is 2.23. The molecule has 3 rings (SSSR count). The fraction of sp³-hybridized carbons (Fsp3) is 0.600. The number of hydrogen-bond donors (Lipinski definition) is 1. The normalized spacial score (nSPS) is 22.2. The Kier molecular flexibility index (Phi) is 3.87. The van der Waals surface area contributed by atoms with Crippen molar-refractivity contribution in [1.29, 1.82) is 0 Å². The molecule has 5 nitrogen and oxygen atoms in total. The molecule has 2 aliphatic heterocycles. The molecule has 0 radical (unpaired) electrons. The first-order valence-corrected chi connectivity index (χ1v) is 7.45. The molecule has 20 heavy (non-hydrogen) atoms. The average molecular weight is 274 g/mol. The van der Waals surface area contributed by atoms with Gasteiger partial charge in [-0.3, -0.25) is 4.79 Å². The molecule has 2 aliphatic rings. The third-order valence-corrected chi connectivity index (χ3v) is 4.33. The van der Waals surface area contributed by atoms with Crippen LogP contribution in [0.1, 0.15) is 29.6 Å². The zero-order valence-corrected chi connectivity index (χ0v) is 12.0. The SMILES string of the molecule is CN(C(=O)c1cccnc1N1CCCC1)C1CCNC1. The van der Waals surface area contributed by atoms with Gasteiger partial charge >= 0.3 is 0 Å². The Morgan fingerprint density at radius 1 is 1.45 bits per heavy atom. The van der Waals surface area contributed by atoms with Crippen molar-refractivity contribution in [1.82, 2.24) is 15.2 Å². The van der Waals surface area contributed by atoms with Gasteiger partial charge in [-0.25, -0.2) is 4.98 Å². The van der Waals surface area contributed by atoms with Crippen LogP contribution < -0.4 is 10.2 Å². The Labute approximate surface area is 120 Å². The van der Waals surface area contributed by atoms with Gasteiger partial charge in [0.05, 0.1) is 5.56 Å². The van der Waals surface area contributed by atoms with Crippen LogP contribution >= 0.6 is 0 Å². The average Bonchev–Trinajstić information content (AvgIpc) is 3.18. The van der Waals surface area contributed by atoms with E-state index in [2.05, 4.69) is 15.2 Å². The van der Waals surface area contributed by atoms with Crippen LogP contribution in [-0.4, -0.2) is 55.1 Å². The van der Waals surface area contributed by atoms with E-state index in [1.165, 1.54) is 12.8 Å². The quantitative estimate of drug-likeness (QED) is 0.897. The number of aromatic nitrogens is 1. The zero-order chi connectivity index (χ0) is 13.9. The fourth-order valence-electron chi connectivity index (χ4n) is 3.07. The Balaban J connectivity index is 1.83. The molecule has 0 spiro atoms. The van der Waals surface area contributed by atoms with Crippen molar-refractivity contribution < 1.29 is 4.79 Å². The molecule has 1 N–H and O–H groups in total. The van der Waals surface area contributed by atoms with Gasteiger partial charge in [-0.1, -0.05) is 0 Å². The number of hydrogen-bond acceptors (Lipinski definition) is 4. The van der Waals surface area contributed by atoms with Crippen LogP contribution in [0.3, 0.4) is 0 Å². The minimum atomic E-state index is 0.0914. The molecule has 0 aliphatic carbocycles. The molecular weight excluding hydrogens is 252 g/mol. The number of nitrogens with zero attached hydrogens (tertiary/aromatic N) is 3. The van der Waals surface area contributed by atoms with Crippen LogP contribution in [0.15, 0.2) is 18.3 Å². The highest BCUT2D eigenvalue weighted by Gasteiger charge is 2.27. The van der Waals surface area contributed by atoms with Crippen LogP contribution in [0.2, 0.25) is 0 Å². The van der Waals surface area contributed by atoms with Crippen LogP contribution in [0.4, 0.5) is 5.82 Å². The highest BCUT2D eigenvalue weighted by atomic mass is 16.2. The van der Waals surface area contributed by atoms with Crippen molar-refractivity contribution in [2.45, 2.75) is 25.3 Å². The maximum absolute atomic E-state index is 12.7.